The molecule has 1 heterocycles. The molecule has 0 fully saturated rings. The van der Waals surface area contributed by atoms with Crippen LogP contribution in [-0.4, -0.2) is 27.8 Å². The highest BCUT2D eigenvalue weighted by Crippen LogP contribution is 2.27. The Morgan fingerprint density at radius 2 is 1.92 bits per heavy atom. The van der Waals surface area contributed by atoms with E-state index in [2.05, 4.69) is 15.5 Å². The molecule has 26 heavy (non-hydrogen) atoms. The second kappa shape index (κ2) is 7.45. The molecule has 0 radical (unpaired) electrons. The number of amides is 1. The third kappa shape index (κ3) is 3.62. The van der Waals surface area contributed by atoms with Gasteiger partial charge in [0.05, 0.1) is 29.1 Å². The van der Waals surface area contributed by atoms with Gasteiger partial charge in [-0.3, -0.25) is 9.89 Å². The van der Waals surface area contributed by atoms with Gasteiger partial charge >= 0.3 is 0 Å². The SMILES string of the molecule is Cc1cccc(C(O)CNC(=O)c2cn[nH]c2-c2c(F)cccc2F)c1. The first-order valence-corrected chi connectivity index (χ1v) is 7.98. The molecule has 5 nitrogen and oxygen atoms in total. The molecule has 0 saturated heterocycles. The monoisotopic (exact) mass is 357 g/mol. The summed E-state index contributed by atoms with van der Waals surface area (Å²) in [5.74, 6) is -2.20. The normalized spacial score (nSPS) is 12.0. The number of aryl methyl sites for hydroxylation is 1. The third-order valence-electron chi connectivity index (χ3n) is 3.98. The number of H-pyrrole nitrogens is 1. The molecule has 2 aromatic carbocycles. The fraction of sp³-hybridized carbons (Fsp3) is 0.158. The number of aliphatic hydroxyl groups excluding tert-OH is 1. The van der Waals surface area contributed by atoms with Crippen LogP contribution >= 0.6 is 0 Å². The molecule has 0 saturated carbocycles. The highest BCUT2D eigenvalue weighted by Gasteiger charge is 2.21. The summed E-state index contributed by atoms with van der Waals surface area (Å²) in [7, 11) is 0. The molecule has 0 aliphatic rings. The number of halogens is 2. The highest BCUT2D eigenvalue weighted by atomic mass is 19.1. The fourth-order valence-electron chi connectivity index (χ4n) is 2.67. The summed E-state index contributed by atoms with van der Waals surface area (Å²) in [6.07, 6.45) is 0.287. The lowest BCUT2D eigenvalue weighted by molar-refractivity contribution is 0.0917. The van der Waals surface area contributed by atoms with Gasteiger partial charge in [-0.2, -0.15) is 5.10 Å². The molecule has 0 aliphatic heterocycles. The van der Waals surface area contributed by atoms with Crippen LogP contribution in [0.5, 0.6) is 0 Å². The minimum absolute atomic E-state index is 0.00885. The van der Waals surface area contributed by atoms with Crippen molar-refractivity contribution in [1.82, 2.24) is 15.5 Å². The molecule has 134 valence electrons. The van der Waals surface area contributed by atoms with Crippen LogP contribution in [0.2, 0.25) is 0 Å². The summed E-state index contributed by atoms with van der Waals surface area (Å²) in [6.45, 7) is 1.85. The minimum atomic E-state index is -0.903. The van der Waals surface area contributed by atoms with E-state index in [4.69, 9.17) is 0 Å². The predicted octanol–water partition coefficient (Wildman–Crippen LogP) is 3.13. The summed E-state index contributed by atoms with van der Waals surface area (Å²) < 4.78 is 27.9. The maximum atomic E-state index is 14.0. The van der Waals surface area contributed by atoms with E-state index in [1.807, 2.05) is 25.1 Å². The molecule has 3 aromatic rings. The van der Waals surface area contributed by atoms with E-state index in [9.17, 15) is 18.7 Å². The lowest BCUT2D eigenvalue weighted by Crippen LogP contribution is -2.28. The standard InChI is InChI=1S/C19H17F2N3O2/c1-11-4-2-5-12(8-11)16(25)10-22-19(26)13-9-23-24-18(13)17-14(20)6-3-7-15(17)21/h2-9,16,25H,10H2,1H3,(H,22,26)(H,23,24). The molecule has 7 heteroatoms. The number of hydrogen-bond donors (Lipinski definition) is 3. The second-order valence-electron chi connectivity index (χ2n) is 5.90. The van der Waals surface area contributed by atoms with E-state index in [-0.39, 0.29) is 23.4 Å². The first-order valence-electron chi connectivity index (χ1n) is 7.98. The van der Waals surface area contributed by atoms with Gasteiger partial charge in [0.15, 0.2) is 0 Å². The average molecular weight is 357 g/mol. The van der Waals surface area contributed by atoms with E-state index in [0.29, 0.717) is 5.56 Å². The maximum absolute atomic E-state index is 14.0. The Labute approximate surface area is 148 Å². The number of carbonyl (C=O) groups is 1. The van der Waals surface area contributed by atoms with Crippen molar-refractivity contribution in [1.29, 1.82) is 0 Å². The van der Waals surface area contributed by atoms with Crippen LogP contribution in [0, 0.1) is 18.6 Å². The number of rotatable bonds is 5. The number of aromatic amines is 1. The van der Waals surface area contributed by atoms with Gasteiger partial charge in [0, 0.05) is 6.54 Å². The zero-order chi connectivity index (χ0) is 18.7. The molecule has 0 aliphatic carbocycles. The Morgan fingerprint density at radius 3 is 2.62 bits per heavy atom. The average Bonchev–Trinajstić information content (AvgIpc) is 3.08. The van der Waals surface area contributed by atoms with Crippen molar-refractivity contribution in [3.8, 4) is 11.3 Å². The lowest BCUT2D eigenvalue weighted by atomic mass is 10.1. The first-order chi connectivity index (χ1) is 12.5. The van der Waals surface area contributed by atoms with E-state index in [0.717, 1.165) is 17.7 Å². The smallest absolute Gasteiger partial charge is 0.255 e. The van der Waals surface area contributed by atoms with Gasteiger partial charge in [0.1, 0.15) is 11.6 Å². The number of aliphatic hydroxyl groups is 1. The van der Waals surface area contributed by atoms with Gasteiger partial charge in [-0.1, -0.05) is 35.9 Å². The lowest BCUT2D eigenvalue weighted by Gasteiger charge is -2.13. The molecular formula is C19H17F2N3O2. The summed E-state index contributed by atoms with van der Waals surface area (Å²) >= 11 is 0. The van der Waals surface area contributed by atoms with Crippen LogP contribution in [-0.2, 0) is 0 Å². The van der Waals surface area contributed by atoms with Crippen molar-refractivity contribution in [3.63, 3.8) is 0 Å². The Bertz CT molecular complexity index is 920. The number of aromatic nitrogens is 2. The van der Waals surface area contributed by atoms with Gasteiger partial charge in [0.2, 0.25) is 0 Å². The van der Waals surface area contributed by atoms with Crippen LogP contribution in [0.1, 0.15) is 27.6 Å². The van der Waals surface area contributed by atoms with Gasteiger partial charge in [-0.25, -0.2) is 8.78 Å². The third-order valence-corrected chi connectivity index (χ3v) is 3.98. The van der Waals surface area contributed by atoms with Gasteiger partial charge in [-0.05, 0) is 24.6 Å². The Balaban J connectivity index is 1.77. The van der Waals surface area contributed by atoms with Crippen LogP contribution in [0.25, 0.3) is 11.3 Å². The predicted molar refractivity (Wildman–Crippen MR) is 92.4 cm³/mol. The van der Waals surface area contributed by atoms with Crippen LogP contribution in [0.4, 0.5) is 8.78 Å². The van der Waals surface area contributed by atoms with Crippen molar-refractivity contribution >= 4 is 5.91 Å². The van der Waals surface area contributed by atoms with Crippen molar-refractivity contribution in [2.45, 2.75) is 13.0 Å². The van der Waals surface area contributed by atoms with Gasteiger partial charge in [0.25, 0.3) is 5.91 Å². The zero-order valence-electron chi connectivity index (χ0n) is 14.0. The maximum Gasteiger partial charge on any atom is 0.255 e. The zero-order valence-corrected chi connectivity index (χ0v) is 14.0. The number of benzene rings is 2. The molecule has 0 spiro atoms. The Kier molecular flexibility index (Phi) is 5.09. The molecule has 3 N–H and O–H groups in total. The summed E-state index contributed by atoms with van der Waals surface area (Å²) in [5.41, 5.74) is 1.24. The van der Waals surface area contributed by atoms with Gasteiger partial charge in [-0.15, -0.1) is 0 Å². The van der Waals surface area contributed by atoms with E-state index < -0.39 is 23.6 Å². The molecule has 1 aromatic heterocycles. The highest BCUT2D eigenvalue weighted by molar-refractivity contribution is 5.99. The largest absolute Gasteiger partial charge is 0.387 e. The topological polar surface area (TPSA) is 78.0 Å². The number of nitrogens with one attached hydrogen (secondary N) is 2. The van der Waals surface area contributed by atoms with E-state index in [1.165, 1.54) is 12.3 Å². The Hall–Kier alpha value is -3.06. The van der Waals surface area contributed by atoms with Crippen LogP contribution in [0.3, 0.4) is 0 Å². The van der Waals surface area contributed by atoms with Gasteiger partial charge < -0.3 is 10.4 Å². The molecule has 3 rings (SSSR count). The number of carbonyl (C=O) groups excluding carboxylic acids is 1. The molecular weight excluding hydrogens is 340 g/mol. The molecule has 1 atom stereocenters. The second-order valence-corrected chi connectivity index (χ2v) is 5.90. The quantitative estimate of drug-likeness (QED) is 0.656. The van der Waals surface area contributed by atoms with Crippen molar-refractivity contribution in [2.24, 2.45) is 0 Å². The fourth-order valence-corrected chi connectivity index (χ4v) is 2.67. The van der Waals surface area contributed by atoms with Crippen LogP contribution in [0.15, 0.2) is 48.7 Å². The van der Waals surface area contributed by atoms with Crippen molar-refractivity contribution in [2.75, 3.05) is 6.54 Å². The molecule has 0 bridgehead atoms. The number of nitrogens with zero attached hydrogens (tertiary/aromatic N) is 1. The molecule has 1 amide bonds. The van der Waals surface area contributed by atoms with E-state index >= 15 is 0 Å². The first kappa shape index (κ1) is 17.8. The van der Waals surface area contributed by atoms with Crippen molar-refractivity contribution in [3.05, 3.63) is 77.0 Å². The molecule has 1 unspecified atom stereocenters. The van der Waals surface area contributed by atoms with Crippen LogP contribution < -0.4 is 5.32 Å². The van der Waals surface area contributed by atoms with Crippen molar-refractivity contribution < 1.29 is 18.7 Å². The summed E-state index contributed by atoms with van der Waals surface area (Å²) in [6, 6.07) is 10.7. The van der Waals surface area contributed by atoms with E-state index in [1.54, 1.807) is 6.07 Å². The Morgan fingerprint density at radius 1 is 1.23 bits per heavy atom. The number of hydrogen-bond acceptors (Lipinski definition) is 3. The minimum Gasteiger partial charge on any atom is -0.387 e. The summed E-state index contributed by atoms with van der Waals surface area (Å²) in [5, 5.41) is 18.9. The summed E-state index contributed by atoms with van der Waals surface area (Å²) in [4.78, 5) is 12.4.